The average molecular weight is 340 g/mol. The second-order valence-electron chi connectivity index (χ2n) is 5.49. The fraction of sp³-hybridized carbons (Fsp3) is 0.471. The number of aliphatic hydroxyl groups excluding tert-OH is 1. The molecule has 0 fully saturated rings. The summed E-state index contributed by atoms with van der Waals surface area (Å²) in [5, 5.41) is 9.72. The number of rotatable bonds is 10. The molecule has 1 N–H and O–H groups in total. The summed E-state index contributed by atoms with van der Waals surface area (Å²) in [5.74, 6) is 0.170. The van der Waals surface area contributed by atoms with E-state index in [0.29, 0.717) is 6.42 Å². The van der Waals surface area contributed by atoms with Crippen molar-refractivity contribution in [1.82, 2.24) is 0 Å². The number of carbonyl (C=O) groups is 1. The van der Waals surface area contributed by atoms with Gasteiger partial charge in [-0.2, -0.15) is 8.42 Å². The van der Waals surface area contributed by atoms with Gasteiger partial charge < -0.3 is 9.90 Å². The first-order chi connectivity index (χ1) is 10.8. The van der Waals surface area contributed by atoms with Crippen LogP contribution in [0, 0.1) is 6.92 Å². The first-order valence-corrected chi connectivity index (χ1v) is 9.02. The van der Waals surface area contributed by atoms with Crippen LogP contribution in [0.2, 0.25) is 0 Å². The summed E-state index contributed by atoms with van der Waals surface area (Å²) in [6.07, 6.45) is 5.26. The van der Waals surface area contributed by atoms with E-state index in [0.717, 1.165) is 24.8 Å². The molecule has 0 radical (unpaired) electrons. The Bertz CT molecular complexity index is 617. The molecular formula is C17H24O5S. The number of aryl methyl sites for hydroxylation is 1. The number of hydrogen-bond acceptors (Lipinski definition) is 5. The maximum atomic E-state index is 11.9. The third kappa shape index (κ3) is 8.06. The van der Waals surface area contributed by atoms with E-state index >= 15 is 0 Å². The lowest BCUT2D eigenvalue weighted by Crippen LogP contribution is -2.17. The van der Waals surface area contributed by atoms with Crippen molar-refractivity contribution in [3.8, 4) is 0 Å². The Kier molecular flexibility index (Phi) is 8.16. The zero-order chi connectivity index (χ0) is 17.3. The van der Waals surface area contributed by atoms with E-state index in [1.807, 2.05) is 6.92 Å². The van der Waals surface area contributed by atoms with E-state index in [4.69, 9.17) is 4.18 Å². The molecule has 1 aromatic carbocycles. The largest absolute Gasteiger partial charge is 0.387 e. The molecule has 0 saturated carbocycles. The molecule has 0 amide bonds. The van der Waals surface area contributed by atoms with Crippen LogP contribution < -0.4 is 0 Å². The van der Waals surface area contributed by atoms with Gasteiger partial charge in [-0.1, -0.05) is 29.8 Å². The Balaban J connectivity index is 2.35. The van der Waals surface area contributed by atoms with Gasteiger partial charge in [0.25, 0.3) is 10.1 Å². The van der Waals surface area contributed by atoms with Crippen molar-refractivity contribution in [3.63, 3.8) is 0 Å². The molecule has 0 unspecified atom stereocenters. The smallest absolute Gasteiger partial charge is 0.297 e. The number of benzene rings is 1. The summed E-state index contributed by atoms with van der Waals surface area (Å²) in [7, 11) is -3.85. The monoisotopic (exact) mass is 340 g/mol. The lowest BCUT2D eigenvalue weighted by atomic mass is 10.1. The molecule has 1 atom stereocenters. The fourth-order valence-electron chi connectivity index (χ4n) is 1.88. The van der Waals surface area contributed by atoms with Gasteiger partial charge in [0.15, 0.2) is 0 Å². The molecule has 5 nitrogen and oxygen atoms in total. The number of unbranched alkanes of at least 4 members (excludes halogenated alkanes) is 2. The Morgan fingerprint density at radius 3 is 2.52 bits per heavy atom. The van der Waals surface area contributed by atoms with E-state index in [9.17, 15) is 18.3 Å². The van der Waals surface area contributed by atoms with Crippen molar-refractivity contribution in [2.24, 2.45) is 0 Å². The number of Topliss-reactive ketones (excluding diaryl/α,β-unsaturated/α-hetero) is 1. The van der Waals surface area contributed by atoms with Gasteiger partial charge in [0, 0.05) is 6.42 Å². The molecule has 1 aromatic rings. The number of hydrogen-bond donors (Lipinski definition) is 1. The van der Waals surface area contributed by atoms with Crippen LogP contribution in [0.3, 0.4) is 0 Å². The van der Waals surface area contributed by atoms with Crippen molar-refractivity contribution < 1.29 is 22.5 Å². The van der Waals surface area contributed by atoms with E-state index in [-0.39, 0.29) is 17.3 Å². The van der Waals surface area contributed by atoms with Crippen LogP contribution in [0.1, 0.15) is 38.2 Å². The Morgan fingerprint density at radius 2 is 1.91 bits per heavy atom. The minimum atomic E-state index is -3.85. The van der Waals surface area contributed by atoms with Crippen LogP contribution in [0.25, 0.3) is 0 Å². The highest BCUT2D eigenvalue weighted by Crippen LogP contribution is 2.13. The lowest BCUT2D eigenvalue weighted by molar-refractivity contribution is -0.117. The highest BCUT2D eigenvalue weighted by molar-refractivity contribution is 7.86. The van der Waals surface area contributed by atoms with Gasteiger partial charge in [0.05, 0.1) is 17.6 Å². The first-order valence-electron chi connectivity index (χ1n) is 7.61. The van der Waals surface area contributed by atoms with Gasteiger partial charge >= 0.3 is 0 Å². The standard InChI is InChI=1S/C17H24O5S/c1-14-9-11-17(12-10-14)23(20,21)22-13-16(19)8-6-4-3-5-7-15(2)18/h6,8-12,16,19H,3-5,7,13H2,1-2H3/b8-6-/t16-/m0/s1. The summed E-state index contributed by atoms with van der Waals surface area (Å²) in [4.78, 5) is 10.8. The maximum absolute atomic E-state index is 11.9. The molecule has 0 bridgehead atoms. The maximum Gasteiger partial charge on any atom is 0.297 e. The molecule has 0 aliphatic heterocycles. The molecule has 1 rings (SSSR count). The van der Waals surface area contributed by atoms with Crippen LogP contribution in [-0.2, 0) is 19.1 Å². The lowest BCUT2D eigenvalue weighted by Gasteiger charge is -2.08. The highest BCUT2D eigenvalue weighted by Gasteiger charge is 2.16. The topological polar surface area (TPSA) is 80.7 Å². The van der Waals surface area contributed by atoms with Gasteiger partial charge in [-0.25, -0.2) is 0 Å². The third-order valence-electron chi connectivity index (χ3n) is 3.21. The van der Waals surface area contributed by atoms with Gasteiger partial charge in [-0.15, -0.1) is 0 Å². The predicted octanol–water partition coefficient (Wildman–Crippen LogP) is 2.77. The minimum Gasteiger partial charge on any atom is -0.387 e. The van der Waals surface area contributed by atoms with Crippen molar-refractivity contribution >= 4 is 15.9 Å². The Morgan fingerprint density at radius 1 is 1.26 bits per heavy atom. The highest BCUT2D eigenvalue weighted by atomic mass is 32.2. The van der Waals surface area contributed by atoms with Gasteiger partial charge in [0.1, 0.15) is 5.78 Å². The molecule has 0 aliphatic rings. The molecular weight excluding hydrogens is 316 g/mol. The van der Waals surface area contributed by atoms with Crippen LogP contribution >= 0.6 is 0 Å². The fourth-order valence-corrected chi connectivity index (χ4v) is 2.80. The van der Waals surface area contributed by atoms with E-state index in [1.165, 1.54) is 18.2 Å². The van der Waals surface area contributed by atoms with Crippen LogP contribution in [-0.4, -0.2) is 32.0 Å². The third-order valence-corrected chi connectivity index (χ3v) is 4.51. The summed E-state index contributed by atoms with van der Waals surface area (Å²) in [6, 6.07) is 6.32. The summed E-state index contributed by atoms with van der Waals surface area (Å²) in [5.41, 5.74) is 0.955. The Labute approximate surface area is 138 Å². The predicted molar refractivity (Wildman–Crippen MR) is 88.6 cm³/mol. The molecule has 0 aromatic heterocycles. The van der Waals surface area contributed by atoms with Crippen LogP contribution in [0.15, 0.2) is 41.3 Å². The zero-order valence-corrected chi connectivity index (χ0v) is 14.4. The van der Waals surface area contributed by atoms with Crippen molar-refractivity contribution in [1.29, 1.82) is 0 Å². The second kappa shape index (κ2) is 9.60. The molecule has 0 saturated heterocycles. The number of aliphatic hydroxyl groups is 1. The quantitative estimate of drug-likeness (QED) is 0.402. The Hall–Kier alpha value is -1.50. The number of ketones is 1. The van der Waals surface area contributed by atoms with Gasteiger partial charge in [-0.05, 0) is 45.2 Å². The van der Waals surface area contributed by atoms with Crippen molar-refractivity contribution in [3.05, 3.63) is 42.0 Å². The molecule has 23 heavy (non-hydrogen) atoms. The number of allylic oxidation sites excluding steroid dienone is 1. The van der Waals surface area contributed by atoms with Gasteiger partial charge in [-0.3, -0.25) is 4.18 Å². The zero-order valence-electron chi connectivity index (χ0n) is 13.6. The molecule has 0 aliphatic carbocycles. The average Bonchev–Trinajstić information content (AvgIpc) is 2.49. The van der Waals surface area contributed by atoms with Crippen LogP contribution in [0.5, 0.6) is 0 Å². The minimum absolute atomic E-state index is 0.0727. The molecule has 6 heteroatoms. The molecule has 0 spiro atoms. The summed E-state index contributed by atoms with van der Waals surface area (Å²) < 4.78 is 28.7. The van der Waals surface area contributed by atoms with Gasteiger partial charge in [0.2, 0.25) is 0 Å². The molecule has 128 valence electrons. The molecule has 0 heterocycles. The van der Waals surface area contributed by atoms with Crippen molar-refractivity contribution in [2.45, 2.75) is 50.5 Å². The normalized spacial score (nSPS) is 13.3. The SMILES string of the molecule is CC(=O)CCCC/C=C\[C@H](O)COS(=O)(=O)c1ccc(C)cc1. The summed E-state index contributed by atoms with van der Waals surface area (Å²) in [6.45, 7) is 3.10. The van der Waals surface area contributed by atoms with E-state index in [1.54, 1.807) is 25.1 Å². The van der Waals surface area contributed by atoms with E-state index in [2.05, 4.69) is 0 Å². The van der Waals surface area contributed by atoms with E-state index < -0.39 is 16.2 Å². The number of carbonyl (C=O) groups excluding carboxylic acids is 1. The first kappa shape index (κ1) is 19.5. The summed E-state index contributed by atoms with van der Waals surface area (Å²) >= 11 is 0. The second-order valence-corrected chi connectivity index (χ2v) is 7.11. The van der Waals surface area contributed by atoms with Crippen molar-refractivity contribution in [2.75, 3.05) is 6.61 Å². The van der Waals surface area contributed by atoms with Crippen LogP contribution in [0.4, 0.5) is 0 Å².